The van der Waals surface area contributed by atoms with Gasteiger partial charge < -0.3 is 9.52 Å². The summed E-state index contributed by atoms with van der Waals surface area (Å²) in [6.45, 7) is 1.93. The number of aliphatic hydroxyl groups excluding tert-OH is 1. The SMILES string of the molecule is Cc1ccoc1C(O)c1ccsc1. The molecule has 2 aromatic rings. The molecule has 0 fully saturated rings. The van der Waals surface area contributed by atoms with Gasteiger partial charge in [-0.05, 0) is 40.9 Å². The van der Waals surface area contributed by atoms with E-state index < -0.39 is 6.10 Å². The molecular weight excluding hydrogens is 184 g/mol. The fraction of sp³-hybridized carbons (Fsp3) is 0.200. The van der Waals surface area contributed by atoms with Crippen molar-refractivity contribution in [2.45, 2.75) is 13.0 Å². The Bertz CT molecular complexity index is 375. The molecule has 2 heterocycles. The lowest BCUT2D eigenvalue weighted by atomic mass is 10.1. The molecule has 0 bridgehead atoms. The van der Waals surface area contributed by atoms with Crippen LogP contribution in [0.4, 0.5) is 0 Å². The minimum absolute atomic E-state index is 0.624. The zero-order valence-electron chi connectivity index (χ0n) is 7.23. The summed E-state index contributed by atoms with van der Waals surface area (Å²) in [7, 11) is 0. The Balaban J connectivity index is 2.33. The molecule has 0 saturated carbocycles. The van der Waals surface area contributed by atoms with Gasteiger partial charge in [0.1, 0.15) is 11.9 Å². The summed E-state index contributed by atoms with van der Waals surface area (Å²) < 4.78 is 5.20. The number of thiophene rings is 1. The van der Waals surface area contributed by atoms with Crippen molar-refractivity contribution in [1.29, 1.82) is 0 Å². The molecule has 0 aliphatic heterocycles. The van der Waals surface area contributed by atoms with Crippen molar-refractivity contribution in [3.8, 4) is 0 Å². The fourth-order valence-electron chi connectivity index (χ4n) is 1.25. The normalized spacial score (nSPS) is 13.1. The molecule has 2 nitrogen and oxygen atoms in total. The third-order valence-electron chi connectivity index (χ3n) is 2.01. The van der Waals surface area contributed by atoms with E-state index in [0.29, 0.717) is 5.76 Å². The van der Waals surface area contributed by atoms with Crippen molar-refractivity contribution in [3.05, 3.63) is 46.0 Å². The quantitative estimate of drug-likeness (QED) is 0.797. The second kappa shape index (κ2) is 3.36. The van der Waals surface area contributed by atoms with E-state index in [1.54, 1.807) is 17.6 Å². The van der Waals surface area contributed by atoms with Gasteiger partial charge in [0.25, 0.3) is 0 Å². The van der Waals surface area contributed by atoms with Gasteiger partial charge in [-0.25, -0.2) is 0 Å². The van der Waals surface area contributed by atoms with Crippen molar-refractivity contribution in [3.63, 3.8) is 0 Å². The van der Waals surface area contributed by atoms with Crippen LogP contribution >= 0.6 is 11.3 Å². The molecule has 0 amide bonds. The minimum atomic E-state index is -0.624. The fourth-order valence-corrected chi connectivity index (χ4v) is 1.93. The lowest BCUT2D eigenvalue weighted by Gasteiger charge is -2.05. The van der Waals surface area contributed by atoms with Crippen molar-refractivity contribution in [1.82, 2.24) is 0 Å². The van der Waals surface area contributed by atoms with Crippen LogP contribution in [0.1, 0.15) is 23.0 Å². The minimum Gasteiger partial charge on any atom is -0.466 e. The van der Waals surface area contributed by atoms with E-state index in [4.69, 9.17) is 4.42 Å². The van der Waals surface area contributed by atoms with Gasteiger partial charge in [0.15, 0.2) is 0 Å². The Kier molecular flexibility index (Phi) is 2.20. The number of hydrogen-bond donors (Lipinski definition) is 1. The van der Waals surface area contributed by atoms with Crippen LogP contribution < -0.4 is 0 Å². The molecule has 0 saturated heterocycles. The second-order valence-corrected chi connectivity index (χ2v) is 3.71. The van der Waals surface area contributed by atoms with E-state index in [1.165, 1.54) is 0 Å². The average Bonchev–Trinajstić information content (AvgIpc) is 2.72. The summed E-state index contributed by atoms with van der Waals surface area (Å²) >= 11 is 1.57. The largest absolute Gasteiger partial charge is 0.466 e. The van der Waals surface area contributed by atoms with E-state index in [-0.39, 0.29) is 0 Å². The smallest absolute Gasteiger partial charge is 0.139 e. The zero-order valence-corrected chi connectivity index (χ0v) is 8.04. The topological polar surface area (TPSA) is 33.4 Å². The van der Waals surface area contributed by atoms with Gasteiger partial charge in [-0.15, -0.1) is 0 Å². The molecule has 0 aromatic carbocycles. The summed E-state index contributed by atoms with van der Waals surface area (Å²) in [5.41, 5.74) is 1.88. The molecule has 2 rings (SSSR count). The van der Waals surface area contributed by atoms with Gasteiger partial charge in [-0.1, -0.05) is 0 Å². The number of hydrogen-bond acceptors (Lipinski definition) is 3. The van der Waals surface area contributed by atoms with Crippen molar-refractivity contribution < 1.29 is 9.52 Å². The molecule has 0 spiro atoms. The van der Waals surface area contributed by atoms with Crippen LogP contribution in [0.25, 0.3) is 0 Å². The molecule has 2 aromatic heterocycles. The first-order chi connectivity index (χ1) is 6.29. The highest BCUT2D eigenvalue weighted by molar-refractivity contribution is 7.07. The Morgan fingerprint density at radius 1 is 1.46 bits per heavy atom. The summed E-state index contributed by atoms with van der Waals surface area (Å²) in [4.78, 5) is 0. The predicted molar refractivity (Wildman–Crippen MR) is 51.8 cm³/mol. The highest BCUT2D eigenvalue weighted by Gasteiger charge is 2.15. The molecule has 0 radical (unpaired) electrons. The summed E-state index contributed by atoms with van der Waals surface area (Å²) in [6, 6.07) is 3.75. The van der Waals surface area contributed by atoms with E-state index in [0.717, 1.165) is 11.1 Å². The van der Waals surface area contributed by atoms with Gasteiger partial charge in [0, 0.05) is 0 Å². The number of aryl methyl sites for hydroxylation is 1. The number of furan rings is 1. The van der Waals surface area contributed by atoms with Crippen molar-refractivity contribution in [2.24, 2.45) is 0 Å². The highest BCUT2D eigenvalue weighted by atomic mass is 32.1. The Morgan fingerprint density at radius 3 is 2.85 bits per heavy atom. The third kappa shape index (κ3) is 1.53. The maximum Gasteiger partial charge on any atom is 0.139 e. The highest BCUT2D eigenvalue weighted by Crippen LogP contribution is 2.26. The number of rotatable bonds is 2. The van der Waals surface area contributed by atoms with Crippen LogP contribution in [0.3, 0.4) is 0 Å². The zero-order chi connectivity index (χ0) is 9.26. The Morgan fingerprint density at radius 2 is 2.31 bits per heavy atom. The molecule has 0 aliphatic rings. The lowest BCUT2D eigenvalue weighted by Crippen LogP contribution is -1.97. The third-order valence-corrected chi connectivity index (χ3v) is 2.71. The Hall–Kier alpha value is -1.06. The molecule has 13 heavy (non-hydrogen) atoms. The van der Waals surface area contributed by atoms with Crippen LogP contribution in [0.15, 0.2) is 33.6 Å². The molecule has 0 aliphatic carbocycles. The monoisotopic (exact) mass is 194 g/mol. The second-order valence-electron chi connectivity index (χ2n) is 2.93. The van der Waals surface area contributed by atoms with Crippen LogP contribution in [0, 0.1) is 6.92 Å². The maximum atomic E-state index is 9.86. The molecule has 1 atom stereocenters. The number of aliphatic hydroxyl groups is 1. The lowest BCUT2D eigenvalue weighted by molar-refractivity contribution is 0.189. The van der Waals surface area contributed by atoms with Gasteiger partial charge >= 0.3 is 0 Å². The standard InChI is InChI=1S/C10H10O2S/c1-7-2-4-12-10(7)9(11)8-3-5-13-6-8/h2-6,9,11H,1H3. The molecule has 1 N–H and O–H groups in total. The van der Waals surface area contributed by atoms with E-state index in [1.807, 2.05) is 29.8 Å². The van der Waals surface area contributed by atoms with Gasteiger partial charge in [-0.2, -0.15) is 11.3 Å². The van der Waals surface area contributed by atoms with Gasteiger partial charge in [-0.3, -0.25) is 0 Å². The first-order valence-electron chi connectivity index (χ1n) is 4.03. The summed E-state index contributed by atoms with van der Waals surface area (Å²) in [6.07, 6.45) is 0.974. The molecule has 68 valence electrons. The van der Waals surface area contributed by atoms with Gasteiger partial charge in [0.05, 0.1) is 6.26 Å². The predicted octanol–water partition coefficient (Wildman–Crippen LogP) is 2.73. The molecule has 3 heteroatoms. The molecular formula is C10H10O2S. The average molecular weight is 194 g/mol. The van der Waals surface area contributed by atoms with E-state index >= 15 is 0 Å². The summed E-state index contributed by atoms with van der Waals surface area (Å²) in [5, 5.41) is 13.7. The first kappa shape index (κ1) is 8.53. The van der Waals surface area contributed by atoms with E-state index in [9.17, 15) is 5.11 Å². The van der Waals surface area contributed by atoms with Crippen molar-refractivity contribution >= 4 is 11.3 Å². The first-order valence-corrected chi connectivity index (χ1v) is 4.97. The summed E-state index contributed by atoms with van der Waals surface area (Å²) in [5.74, 6) is 0.637. The van der Waals surface area contributed by atoms with Crippen LogP contribution in [-0.4, -0.2) is 5.11 Å². The molecule has 1 unspecified atom stereocenters. The van der Waals surface area contributed by atoms with Crippen LogP contribution in [-0.2, 0) is 0 Å². The maximum absolute atomic E-state index is 9.86. The van der Waals surface area contributed by atoms with E-state index in [2.05, 4.69) is 0 Å². The van der Waals surface area contributed by atoms with Crippen molar-refractivity contribution in [2.75, 3.05) is 0 Å². The van der Waals surface area contributed by atoms with Crippen LogP contribution in [0.5, 0.6) is 0 Å². The Labute approximate surface area is 80.4 Å². The van der Waals surface area contributed by atoms with Crippen LogP contribution in [0.2, 0.25) is 0 Å². The van der Waals surface area contributed by atoms with Gasteiger partial charge in [0.2, 0.25) is 0 Å².